The van der Waals surface area contributed by atoms with E-state index in [1.54, 1.807) is 0 Å². The van der Waals surface area contributed by atoms with Gasteiger partial charge in [0.25, 0.3) is 0 Å². The molecule has 4 heteroatoms. The number of fused-ring (bicyclic) bond motifs is 1. The molecule has 0 atom stereocenters. The zero-order valence-electron chi connectivity index (χ0n) is 8.56. The predicted molar refractivity (Wildman–Crippen MR) is 56.4 cm³/mol. The lowest BCUT2D eigenvalue weighted by Crippen LogP contribution is -2.09. The van der Waals surface area contributed by atoms with Crippen LogP contribution in [0.25, 0.3) is 10.9 Å². The van der Waals surface area contributed by atoms with Gasteiger partial charge in [-0.1, -0.05) is 12.1 Å². The minimum absolute atomic E-state index is 0.390. The van der Waals surface area contributed by atoms with Gasteiger partial charge in [-0.05, 0) is 12.1 Å². The molecular formula is C11H11NO3. The van der Waals surface area contributed by atoms with Crippen molar-refractivity contribution in [2.75, 3.05) is 14.2 Å². The van der Waals surface area contributed by atoms with E-state index >= 15 is 0 Å². The summed E-state index contributed by atoms with van der Waals surface area (Å²) in [6.45, 7) is 0. The summed E-state index contributed by atoms with van der Waals surface area (Å²) < 4.78 is 6.66. The lowest BCUT2D eigenvalue weighted by atomic mass is 10.2. The summed E-state index contributed by atoms with van der Waals surface area (Å²) in [6, 6.07) is 7.52. The number of aromatic nitrogens is 1. The molecule has 0 aliphatic carbocycles. The summed E-state index contributed by atoms with van der Waals surface area (Å²) in [6.07, 6.45) is 0.725. The first kappa shape index (κ1) is 9.58. The molecule has 0 aliphatic rings. The number of carbonyl (C=O) groups excluding carboxylic acids is 1. The van der Waals surface area contributed by atoms with Gasteiger partial charge in [-0.25, -0.2) is 0 Å². The van der Waals surface area contributed by atoms with E-state index in [0.29, 0.717) is 11.4 Å². The molecule has 0 unspecified atom stereocenters. The van der Waals surface area contributed by atoms with E-state index in [1.807, 2.05) is 24.3 Å². The number of rotatable bonds is 3. The molecule has 0 fully saturated rings. The minimum atomic E-state index is 0.390. The van der Waals surface area contributed by atoms with Crippen molar-refractivity contribution in [3.8, 4) is 5.75 Å². The van der Waals surface area contributed by atoms with Crippen LogP contribution in [0.15, 0.2) is 24.3 Å². The van der Waals surface area contributed by atoms with Gasteiger partial charge in [0.05, 0.1) is 12.6 Å². The molecule has 4 nitrogen and oxygen atoms in total. The Balaban J connectivity index is 2.88. The van der Waals surface area contributed by atoms with Gasteiger partial charge in [0, 0.05) is 5.39 Å². The lowest BCUT2D eigenvalue weighted by Gasteiger charge is -2.03. The van der Waals surface area contributed by atoms with E-state index in [-0.39, 0.29) is 0 Å². The van der Waals surface area contributed by atoms with Crippen molar-refractivity contribution in [2.45, 2.75) is 0 Å². The maximum absolute atomic E-state index is 11.0. The highest BCUT2D eigenvalue weighted by Gasteiger charge is 2.17. The van der Waals surface area contributed by atoms with Gasteiger partial charge in [0.2, 0.25) is 0 Å². The van der Waals surface area contributed by atoms with E-state index < -0.39 is 0 Å². The average molecular weight is 205 g/mol. The standard InChI is InChI=1S/C11H11NO3/c1-14-11-8-5-3-4-6-9(8)12(15-2)10(11)7-13/h3-7H,1-2H3. The molecule has 78 valence electrons. The Hall–Kier alpha value is -1.97. The Morgan fingerprint density at radius 3 is 2.60 bits per heavy atom. The molecule has 0 spiro atoms. The van der Waals surface area contributed by atoms with Gasteiger partial charge in [-0.3, -0.25) is 4.79 Å². The first-order valence-electron chi connectivity index (χ1n) is 4.50. The number of hydrogen-bond donors (Lipinski definition) is 0. The van der Waals surface area contributed by atoms with Crippen LogP contribution in [0, 0.1) is 0 Å². The van der Waals surface area contributed by atoms with Crippen LogP contribution in [0.5, 0.6) is 5.75 Å². The Kier molecular flexibility index (Phi) is 2.33. The fourth-order valence-corrected chi connectivity index (χ4v) is 1.72. The molecule has 0 saturated heterocycles. The molecule has 0 aliphatic heterocycles. The Morgan fingerprint density at radius 1 is 1.27 bits per heavy atom. The van der Waals surface area contributed by atoms with Gasteiger partial charge >= 0.3 is 0 Å². The van der Waals surface area contributed by atoms with Crippen molar-refractivity contribution < 1.29 is 14.4 Å². The Morgan fingerprint density at radius 2 is 2.00 bits per heavy atom. The topological polar surface area (TPSA) is 40.5 Å². The van der Waals surface area contributed by atoms with Crippen molar-refractivity contribution >= 4 is 17.2 Å². The van der Waals surface area contributed by atoms with Crippen LogP contribution in [0.4, 0.5) is 0 Å². The van der Waals surface area contributed by atoms with Crippen LogP contribution < -0.4 is 9.57 Å². The summed E-state index contributed by atoms with van der Waals surface area (Å²) in [5, 5.41) is 0.865. The number of benzene rings is 1. The first-order chi connectivity index (χ1) is 7.33. The molecule has 2 rings (SSSR count). The SMILES string of the molecule is COc1c(C=O)n(OC)c2ccccc12. The second-order valence-corrected chi connectivity index (χ2v) is 3.03. The molecule has 2 aromatic rings. The molecule has 0 bridgehead atoms. The van der Waals surface area contributed by atoms with Crippen LogP contribution in [0.1, 0.15) is 10.5 Å². The van der Waals surface area contributed by atoms with Gasteiger partial charge in [-0.15, -0.1) is 0 Å². The lowest BCUT2D eigenvalue weighted by molar-refractivity contribution is 0.106. The second-order valence-electron chi connectivity index (χ2n) is 3.03. The van der Waals surface area contributed by atoms with Crippen LogP contribution in [-0.4, -0.2) is 25.2 Å². The normalized spacial score (nSPS) is 10.3. The van der Waals surface area contributed by atoms with Crippen LogP contribution in [0.3, 0.4) is 0 Å². The number of nitrogens with zero attached hydrogens (tertiary/aromatic N) is 1. The molecular weight excluding hydrogens is 194 g/mol. The van der Waals surface area contributed by atoms with Gasteiger partial charge in [0.15, 0.2) is 17.7 Å². The zero-order valence-corrected chi connectivity index (χ0v) is 8.56. The van der Waals surface area contributed by atoms with Crippen LogP contribution >= 0.6 is 0 Å². The molecule has 1 aromatic carbocycles. The van der Waals surface area contributed by atoms with Crippen LogP contribution in [-0.2, 0) is 0 Å². The smallest absolute Gasteiger partial charge is 0.173 e. The number of aldehydes is 1. The minimum Gasteiger partial charge on any atom is -0.494 e. The van der Waals surface area contributed by atoms with Crippen molar-refractivity contribution in [1.29, 1.82) is 0 Å². The van der Waals surface area contributed by atoms with Crippen molar-refractivity contribution in [2.24, 2.45) is 0 Å². The van der Waals surface area contributed by atoms with Crippen molar-refractivity contribution in [1.82, 2.24) is 4.73 Å². The van der Waals surface area contributed by atoms with Crippen molar-refractivity contribution in [3.05, 3.63) is 30.0 Å². The Labute approximate surface area is 87.0 Å². The summed E-state index contributed by atoms with van der Waals surface area (Å²) in [4.78, 5) is 16.1. The quantitative estimate of drug-likeness (QED) is 0.713. The molecule has 0 N–H and O–H groups in total. The molecule has 0 saturated carbocycles. The highest BCUT2D eigenvalue weighted by molar-refractivity contribution is 5.96. The Bertz CT molecular complexity index is 461. The maximum atomic E-state index is 11.0. The summed E-state index contributed by atoms with van der Waals surface area (Å²) >= 11 is 0. The molecule has 1 heterocycles. The monoisotopic (exact) mass is 205 g/mol. The second kappa shape index (κ2) is 3.65. The number of methoxy groups -OCH3 is 1. The van der Waals surface area contributed by atoms with E-state index in [1.165, 1.54) is 19.0 Å². The fourth-order valence-electron chi connectivity index (χ4n) is 1.72. The fraction of sp³-hybridized carbons (Fsp3) is 0.182. The molecule has 0 radical (unpaired) electrons. The maximum Gasteiger partial charge on any atom is 0.173 e. The average Bonchev–Trinajstić information content (AvgIpc) is 2.61. The van der Waals surface area contributed by atoms with Gasteiger partial charge < -0.3 is 9.57 Å². The first-order valence-corrected chi connectivity index (χ1v) is 4.50. The predicted octanol–water partition coefficient (Wildman–Crippen LogP) is 1.52. The van der Waals surface area contributed by atoms with Crippen LogP contribution in [0.2, 0.25) is 0 Å². The van der Waals surface area contributed by atoms with E-state index in [9.17, 15) is 4.79 Å². The summed E-state index contributed by atoms with van der Waals surface area (Å²) in [7, 11) is 3.05. The van der Waals surface area contributed by atoms with E-state index in [2.05, 4.69) is 0 Å². The molecule has 0 amide bonds. The van der Waals surface area contributed by atoms with E-state index in [0.717, 1.165) is 17.2 Å². The number of carbonyl (C=O) groups is 1. The van der Waals surface area contributed by atoms with E-state index in [4.69, 9.17) is 9.57 Å². The third kappa shape index (κ3) is 1.26. The molecule has 15 heavy (non-hydrogen) atoms. The summed E-state index contributed by atoms with van der Waals surface area (Å²) in [5.41, 5.74) is 1.21. The molecule has 1 aromatic heterocycles. The van der Waals surface area contributed by atoms with Gasteiger partial charge in [0.1, 0.15) is 7.11 Å². The highest BCUT2D eigenvalue weighted by Crippen LogP contribution is 2.30. The third-order valence-electron chi connectivity index (χ3n) is 2.32. The number of para-hydroxylation sites is 1. The van der Waals surface area contributed by atoms with Gasteiger partial charge in [-0.2, -0.15) is 4.73 Å². The van der Waals surface area contributed by atoms with Crippen molar-refractivity contribution in [3.63, 3.8) is 0 Å². The zero-order chi connectivity index (χ0) is 10.8. The third-order valence-corrected chi connectivity index (χ3v) is 2.32. The summed E-state index contributed by atoms with van der Waals surface area (Å²) in [5.74, 6) is 0.544. The highest BCUT2D eigenvalue weighted by atomic mass is 16.6. The largest absolute Gasteiger partial charge is 0.494 e. The number of hydrogen-bond acceptors (Lipinski definition) is 3. The number of ether oxygens (including phenoxy) is 1.